The van der Waals surface area contributed by atoms with Gasteiger partial charge in [0.25, 0.3) is 0 Å². The number of rotatable bonds is 6. The zero-order valence-electron chi connectivity index (χ0n) is 11.4. The van der Waals surface area contributed by atoms with Gasteiger partial charge in [-0.25, -0.2) is 4.79 Å². The molecular weight excluding hydrogens is 232 g/mol. The molecule has 0 radical (unpaired) electrons. The number of nitrogens with one attached hydrogen (secondary N) is 2. The van der Waals surface area contributed by atoms with Crippen molar-refractivity contribution in [2.45, 2.75) is 52.1 Å². The van der Waals surface area contributed by atoms with Crippen molar-refractivity contribution in [3.8, 4) is 0 Å². The van der Waals surface area contributed by atoms with Crippen LogP contribution in [0.5, 0.6) is 0 Å². The highest BCUT2D eigenvalue weighted by Crippen LogP contribution is 2.33. The van der Waals surface area contributed by atoms with E-state index in [0.717, 1.165) is 12.3 Å². The molecule has 1 aliphatic rings. The minimum atomic E-state index is -0.990. The highest BCUT2D eigenvalue weighted by atomic mass is 16.4. The Morgan fingerprint density at radius 2 is 2.06 bits per heavy atom. The van der Waals surface area contributed by atoms with Crippen LogP contribution in [0.15, 0.2) is 0 Å². The summed E-state index contributed by atoms with van der Waals surface area (Å²) >= 11 is 0. The van der Waals surface area contributed by atoms with Crippen LogP contribution < -0.4 is 10.6 Å². The molecule has 1 amide bonds. The van der Waals surface area contributed by atoms with Crippen molar-refractivity contribution in [1.29, 1.82) is 0 Å². The molecule has 3 N–H and O–H groups in total. The number of carboxylic acid groups (broad SMARTS) is 1. The van der Waals surface area contributed by atoms with Crippen molar-refractivity contribution in [2.24, 2.45) is 11.8 Å². The van der Waals surface area contributed by atoms with Gasteiger partial charge < -0.3 is 15.7 Å². The first kappa shape index (κ1) is 15.0. The first-order valence-corrected chi connectivity index (χ1v) is 6.69. The van der Waals surface area contributed by atoms with E-state index in [1.165, 1.54) is 19.8 Å². The largest absolute Gasteiger partial charge is 0.480 e. The molecule has 0 aromatic heterocycles. The van der Waals surface area contributed by atoms with E-state index in [9.17, 15) is 9.59 Å². The van der Waals surface area contributed by atoms with Crippen molar-refractivity contribution in [2.75, 3.05) is 6.54 Å². The third-order valence-electron chi connectivity index (χ3n) is 4.01. The van der Waals surface area contributed by atoms with Gasteiger partial charge in [0.05, 0.1) is 0 Å². The lowest BCUT2D eigenvalue weighted by atomic mass is 9.93. The van der Waals surface area contributed by atoms with Gasteiger partial charge in [-0.05, 0) is 24.7 Å². The van der Waals surface area contributed by atoms with Crippen molar-refractivity contribution in [1.82, 2.24) is 10.6 Å². The average Bonchev–Trinajstić information content (AvgIpc) is 2.64. The van der Waals surface area contributed by atoms with Crippen LogP contribution in [0, 0.1) is 11.8 Å². The molecule has 4 atom stereocenters. The lowest BCUT2D eigenvalue weighted by molar-refractivity contribution is -0.141. The molecule has 1 saturated carbocycles. The number of hydrogen-bond donors (Lipinski definition) is 3. The molecule has 0 bridgehead atoms. The summed E-state index contributed by atoms with van der Waals surface area (Å²) in [5.74, 6) is -0.00110. The summed E-state index contributed by atoms with van der Waals surface area (Å²) < 4.78 is 0. The Morgan fingerprint density at radius 3 is 2.50 bits per heavy atom. The van der Waals surface area contributed by atoms with Gasteiger partial charge in [-0.1, -0.05) is 20.3 Å². The quantitative estimate of drug-likeness (QED) is 0.662. The Kier molecular flexibility index (Phi) is 5.59. The number of carbonyl (C=O) groups is 2. The van der Waals surface area contributed by atoms with E-state index in [1.54, 1.807) is 0 Å². The number of carbonyl (C=O) groups excluding carboxylic acids is 1. The van der Waals surface area contributed by atoms with Crippen LogP contribution in [-0.4, -0.2) is 35.6 Å². The molecule has 0 heterocycles. The molecule has 5 nitrogen and oxygen atoms in total. The Bertz CT molecular complexity index is 307. The fourth-order valence-corrected chi connectivity index (χ4v) is 2.83. The van der Waals surface area contributed by atoms with Crippen molar-refractivity contribution in [3.63, 3.8) is 0 Å². The maximum Gasteiger partial charge on any atom is 0.327 e. The van der Waals surface area contributed by atoms with Gasteiger partial charge in [-0.3, -0.25) is 4.79 Å². The molecule has 0 aromatic rings. The van der Waals surface area contributed by atoms with Gasteiger partial charge in [0.2, 0.25) is 5.91 Å². The highest BCUT2D eigenvalue weighted by molar-refractivity contribution is 5.82. The molecule has 4 unspecified atom stereocenters. The predicted molar refractivity (Wildman–Crippen MR) is 69.2 cm³/mol. The summed E-state index contributed by atoms with van der Waals surface area (Å²) in [4.78, 5) is 21.9. The van der Waals surface area contributed by atoms with Crippen LogP contribution in [0.3, 0.4) is 0 Å². The molecule has 0 saturated heterocycles. The van der Waals surface area contributed by atoms with Gasteiger partial charge in [-0.15, -0.1) is 0 Å². The van der Waals surface area contributed by atoms with Crippen molar-refractivity contribution in [3.05, 3.63) is 0 Å². The lowest BCUT2D eigenvalue weighted by Gasteiger charge is -2.23. The van der Waals surface area contributed by atoms with E-state index in [-0.39, 0.29) is 5.91 Å². The predicted octanol–water partition coefficient (Wildman–Crippen LogP) is 0.990. The van der Waals surface area contributed by atoms with Crippen LogP contribution in [-0.2, 0) is 9.59 Å². The molecule has 5 heteroatoms. The maximum atomic E-state index is 11.0. The van der Waals surface area contributed by atoms with E-state index in [1.807, 2.05) is 0 Å². The second kappa shape index (κ2) is 6.73. The van der Waals surface area contributed by atoms with Gasteiger partial charge in [0.1, 0.15) is 6.04 Å². The minimum absolute atomic E-state index is 0.292. The highest BCUT2D eigenvalue weighted by Gasteiger charge is 2.32. The first-order valence-electron chi connectivity index (χ1n) is 6.69. The average molecular weight is 256 g/mol. The molecule has 0 aromatic carbocycles. The van der Waals surface area contributed by atoms with Gasteiger partial charge >= 0.3 is 5.97 Å². The first-order chi connectivity index (χ1) is 8.45. The molecule has 104 valence electrons. The van der Waals surface area contributed by atoms with E-state index < -0.39 is 12.0 Å². The van der Waals surface area contributed by atoms with Crippen LogP contribution in [0.4, 0.5) is 0 Å². The van der Waals surface area contributed by atoms with Gasteiger partial charge in [0.15, 0.2) is 0 Å². The SMILES string of the molecule is CCC1CCC(NCC(NC(C)=O)C(=O)O)C1C. The number of hydrogen-bond acceptors (Lipinski definition) is 3. The summed E-state index contributed by atoms with van der Waals surface area (Å²) in [7, 11) is 0. The number of amides is 1. The normalized spacial score (nSPS) is 28.9. The Balaban J connectivity index is 2.43. The molecule has 0 aliphatic heterocycles. The van der Waals surface area contributed by atoms with Gasteiger partial charge in [0, 0.05) is 19.5 Å². The zero-order chi connectivity index (χ0) is 13.7. The molecule has 1 fully saturated rings. The molecule has 1 rings (SSSR count). The van der Waals surface area contributed by atoms with E-state index in [0.29, 0.717) is 18.5 Å². The monoisotopic (exact) mass is 256 g/mol. The molecule has 18 heavy (non-hydrogen) atoms. The number of aliphatic carboxylic acids is 1. The third kappa shape index (κ3) is 3.98. The smallest absolute Gasteiger partial charge is 0.327 e. The van der Waals surface area contributed by atoms with Crippen LogP contribution in [0.25, 0.3) is 0 Å². The maximum absolute atomic E-state index is 11.0. The Labute approximate surface area is 108 Å². The summed E-state index contributed by atoms with van der Waals surface area (Å²) in [6.45, 7) is 6.04. The molecule has 1 aliphatic carbocycles. The van der Waals surface area contributed by atoms with Crippen molar-refractivity contribution >= 4 is 11.9 Å². The topological polar surface area (TPSA) is 78.4 Å². The fraction of sp³-hybridized carbons (Fsp3) is 0.846. The standard InChI is InChI=1S/C13H24N2O3/c1-4-10-5-6-11(8(10)2)14-7-12(13(17)18)15-9(3)16/h8,10-12,14H,4-7H2,1-3H3,(H,15,16)(H,17,18). The van der Waals surface area contributed by atoms with Crippen LogP contribution >= 0.6 is 0 Å². The van der Waals surface area contributed by atoms with Crippen LogP contribution in [0.2, 0.25) is 0 Å². The summed E-state index contributed by atoms with van der Waals surface area (Å²) in [6.07, 6.45) is 3.46. The van der Waals surface area contributed by atoms with E-state index in [2.05, 4.69) is 24.5 Å². The van der Waals surface area contributed by atoms with Crippen molar-refractivity contribution < 1.29 is 14.7 Å². The zero-order valence-corrected chi connectivity index (χ0v) is 11.4. The Morgan fingerprint density at radius 1 is 1.39 bits per heavy atom. The lowest BCUT2D eigenvalue weighted by Crippen LogP contribution is -2.49. The third-order valence-corrected chi connectivity index (χ3v) is 4.01. The van der Waals surface area contributed by atoms with Crippen LogP contribution in [0.1, 0.15) is 40.0 Å². The fourth-order valence-electron chi connectivity index (χ4n) is 2.83. The second-order valence-electron chi connectivity index (χ2n) is 5.21. The summed E-state index contributed by atoms with van der Waals surface area (Å²) in [5, 5.41) is 14.7. The van der Waals surface area contributed by atoms with Gasteiger partial charge in [-0.2, -0.15) is 0 Å². The molecular formula is C13H24N2O3. The Hall–Kier alpha value is -1.10. The molecule has 0 spiro atoms. The van der Waals surface area contributed by atoms with E-state index >= 15 is 0 Å². The summed E-state index contributed by atoms with van der Waals surface area (Å²) in [5.41, 5.74) is 0. The second-order valence-corrected chi connectivity index (χ2v) is 5.21. The number of carboxylic acids is 1. The minimum Gasteiger partial charge on any atom is -0.480 e. The summed E-state index contributed by atoms with van der Waals surface area (Å²) in [6, 6.07) is -0.471. The van der Waals surface area contributed by atoms with E-state index in [4.69, 9.17) is 5.11 Å².